The molecule has 1 heteroatoms. The highest BCUT2D eigenvalue weighted by Crippen LogP contribution is 2.52. The van der Waals surface area contributed by atoms with Crippen molar-refractivity contribution in [1.29, 1.82) is 0 Å². The van der Waals surface area contributed by atoms with Crippen molar-refractivity contribution in [2.45, 2.75) is 45.9 Å². The summed E-state index contributed by atoms with van der Waals surface area (Å²) in [5.41, 5.74) is 8.00. The molecule has 26 heavy (non-hydrogen) atoms. The zero-order chi connectivity index (χ0) is 22.1. The van der Waals surface area contributed by atoms with Crippen molar-refractivity contribution < 1.29 is 10.1 Å². The van der Waals surface area contributed by atoms with Crippen molar-refractivity contribution in [2.75, 3.05) is 0 Å². The van der Waals surface area contributed by atoms with Crippen molar-refractivity contribution in [3.05, 3.63) is 77.0 Å². The number of benzene rings is 2. The molecule has 4 rings (SSSR count). The number of hydrogen-bond donors (Lipinski definition) is 0. The van der Waals surface area contributed by atoms with Crippen LogP contribution in [0, 0.1) is 6.92 Å². The minimum atomic E-state index is -2.41. The average Bonchev–Trinajstić information content (AvgIpc) is 2.88. The van der Waals surface area contributed by atoms with Crippen LogP contribution in [0.2, 0.25) is 0 Å². The van der Waals surface area contributed by atoms with Crippen molar-refractivity contribution in [3.8, 4) is 22.4 Å². The molecular formula is C25H28N+. The summed E-state index contributed by atoms with van der Waals surface area (Å²) in [6.07, 6.45) is 2.04. The summed E-state index contributed by atoms with van der Waals surface area (Å²) < 4.78 is 34.8. The molecule has 2 aromatic carbocycles. The molecule has 0 aliphatic heterocycles. The number of nitrogens with zero attached hydrogens (tertiary/aromatic N) is 1. The predicted octanol–water partition coefficient (Wildman–Crippen LogP) is 5.92. The van der Waals surface area contributed by atoms with Gasteiger partial charge in [0.15, 0.2) is 6.20 Å². The Balaban J connectivity index is 2.02. The van der Waals surface area contributed by atoms with Crippen LogP contribution in [0.25, 0.3) is 22.4 Å². The topological polar surface area (TPSA) is 3.88 Å². The zero-order valence-corrected chi connectivity index (χ0v) is 16.1. The third kappa shape index (κ3) is 2.34. The molecule has 1 unspecified atom stereocenters. The maximum absolute atomic E-state index is 8.75. The Labute approximate surface area is 163 Å². The quantitative estimate of drug-likeness (QED) is 0.507. The molecule has 1 atom stereocenters. The Morgan fingerprint density at radius 1 is 1.04 bits per heavy atom. The Hall–Kier alpha value is -2.41. The van der Waals surface area contributed by atoms with Gasteiger partial charge < -0.3 is 0 Å². The maximum atomic E-state index is 8.75. The van der Waals surface area contributed by atoms with E-state index in [0.717, 1.165) is 27.9 Å². The van der Waals surface area contributed by atoms with E-state index in [1.807, 2.05) is 37.5 Å². The summed E-state index contributed by atoms with van der Waals surface area (Å²) in [5.74, 6) is -1.68. The fourth-order valence-electron chi connectivity index (χ4n) is 4.42. The number of aromatic nitrogens is 1. The van der Waals surface area contributed by atoms with Gasteiger partial charge >= 0.3 is 0 Å². The van der Waals surface area contributed by atoms with E-state index in [2.05, 4.69) is 49.6 Å². The minimum absolute atomic E-state index is 0.378. The van der Waals surface area contributed by atoms with Gasteiger partial charge in [-0.1, -0.05) is 51.9 Å². The monoisotopic (exact) mass is 346 g/mol. The molecular weight excluding hydrogens is 314 g/mol. The summed E-state index contributed by atoms with van der Waals surface area (Å²) in [5, 5.41) is 0. The highest BCUT2D eigenvalue weighted by atomic mass is 14.9. The standard InChI is InChI=1S/C25H28N/c1-16(2)18-10-9-11-19-21-15-20(23-12-7-8-13-26(23)6)17(3)14-22(21)25(4,5)24(18)19/h7-16H,1-6H3/q+1/i1D3,16D. The molecule has 0 amide bonds. The van der Waals surface area contributed by atoms with E-state index in [4.69, 9.17) is 5.48 Å². The Kier molecular flexibility index (Phi) is 2.87. The first-order chi connectivity index (χ1) is 13.9. The van der Waals surface area contributed by atoms with Gasteiger partial charge in [-0.15, -0.1) is 0 Å². The molecule has 0 fully saturated rings. The lowest BCUT2D eigenvalue weighted by Gasteiger charge is -2.26. The Morgan fingerprint density at radius 3 is 2.58 bits per heavy atom. The van der Waals surface area contributed by atoms with Crippen LogP contribution in [0.1, 0.15) is 61.3 Å². The van der Waals surface area contributed by atoms with Crippen LogP contribution in [0.5, 0.6) is 0 Å². The van der Waals surface area contributed by atoms with Crippen LogP contribution in [0.3, 0.4) is 0 Å². The van der Waals surface area contributed by atoms with Crippen molar-refractivity contribution in [1.82, 2.24) is 0 Å². The van der Waals surface area contributed by atoms with Gasteiger partial charge in [0.05, 0.1) is 0 Å². The fourth-order valence-corrected chi connectivity index (χ4v) is 4.42. The summed E-state index contributed by atoms with van der Waals surface area (Å²) in [7, 11) is 2.04. The van der Waals surface area contributed by atoms with Gasteiger partial charge in [-0.05, 0) is 58.3 Å². The highest BCUT2D eigenvalue weighted by molar-refractivity contribution is 5.85. The van der Waals surface area contributed by atoms with E-state index in [0.29, 0.717) is 5.56 Å². The van der Waals surface area contributed by atoms with E-state index < -0.39 is 12.7 Å². The second-order valence-corrected chi connectivity index (χ2v) is 7.89. The second kappa shape index (κ2) is 5.81. The maximum Gasteiger partial charge on any atom is 0.212 e. The lowest BCUT2D eigenvalue weighted by Crippen LogP contribution is -2.30. The number of fused-ring (bicyclic) bond motifs is 3. The largest absolute Gasteiger partial charge is 0.212 e. The molecule has 3 aromatic rings. The molecule has 1 heterocycles. The van der Waals surface area contributed by atoms with E-state index in [9.17, 15) is 0 Å². The molecule has 0 saturated carbocycles. The fraction of sp³-hybridized carbons (Fsp3) is 0.320. The van der Waals surface area contributed by atoms with Gasteiger partial charge in [0.1, 0.15) is 7.05 Å². The summed E-state index contributed by atoms with van der Waals surface area (Å²) in [6, 6.07) is 16.4. The molecule has 1 nitrogen and oxygen atoms in total. The van der Waals surface area contributed by atoms with Crippen molar-refractivity contribution >= 4 is 0 Å². The average molecular weight is 347 g/mol. The molecule has 0 N–H and O–H groups in total. The number of aryl methyl sites for hydroxylation is 2. The van der Waals surface area contributed by atoms with Gasteiger partial charge in [0.25, 0.3) is 0 Å². The van der Waals surface area contributed by atoms with Gasteiger partial charge in [0, 0.05) is 28.6 Å². The third-order valence-electron chi connectivity index (χ3n) is 5.75. The smallest absolute Gasteiger partial charge is 0.201 e. The highest BCUT2D eigenvalue weighted by Gasteiger charge is 2.38. The molecule has 0 spiro atoms. The molecule has 132 valence electrons. The summed E-state index contributed by atoms with van der Waals surface area (Å²) in [4.78, 5) is 0. The molecule has 0 bridgehead atoms. The zero-order valence-electron chi connectivity index (χ0n) is 20.1. The first-order valence-corrected chi connectivity index (χ1v) is 9.12. The number of rotatable bonds is 2. The number of pyridine rings is 1. The van der Waals surface area contributed by atoms with Crippen LogP contribution in [0.15, 0.2) is 54.7 Å². The van der Waals surface area contributed by atoms with Gasteiger partial charge in [-0.25, -0.2) is 4.57 Å². The van der Waals surface area contributed by atoms with Crippen LogP contribution in [-0.2, 0) is 12.5 Å². The van der Waals surface area contributed by atoms with Crippen LogP contribution >= 0.6 is 0 Å². The minimum Gasteiger partial charge on any atom is -0.201 e. The lowest BCUT2D eigenvalue weighted by molar-refractivity contribution is -0.660. The molecule has 0 saturated heterocycles. The SMILES string of the molecule is [2H]C([2H])([2H])C([2H])(C)c1cccc2c1C(C)(C)c1cc(C)c(-c3cccc[n+]3C)cc1-2. The first kappa shape index (κ1) is 12.9. The molecule has 1 aromatic heterocycles. The predicted molar refractivity (Wildman–Crippen MR) is 109 cm³/mol. The Morgan fingerprint density at radius 2 is 1.85 bits per heavy atom. The lowest BCUT2D eigenvalue weighted by atomic mass is 9.77. The summed E-state index contributed by atoms with van der Waals surface area (Å²) >= 11 is 0. The van der Waals surface area contributed by atoms with E-state index in [1.165, 1.54) is 18.1 Å². The molecule has 1 aliphatic rings. The normalized spacial score (nSPS) is 19.4. The summed E-state index contributed by atoms with van der Waals surface area (Å²) in [6.45, 7) is 5.50. The molecule has 0 radical (unpaired) electrons. The van der Waals surface area contributed by atoms with E-state index in [1.54, 1.807) is 0 Å². The van der Waals surface area contributed by atoms with Crippen LogP contribution in [-0.4, -0.2) is 0 Å². The second-order valence-electron chi connectivity index (χ2n) is 7.89. The third-order valence-corrected chi connectivity index (χ3v) is 5.75. The van der Waals surface area contributed by atoms with Gasteiger partial charge in [-0.3, -0.25) is 0 Å². The van der Waals surface area contributed by atoms with Crippen LogP contribution < -0.4 is 4.57 Å². The van der Waals surface area contributed by atoms with Gasteiger partial charge in [-0.2, -0.15) is 0 Å². The van der Waals surface area contributed by atoms with Gasteiger partial charge in [0.2, 0.25) is 5.69 Å². The Bertz CT molecular complexity index is 1160. The van der Waals surface area contributed by atoms with Crippen LogP contribution in [0.4, 0.5) is 0 Å². The molecule has 1 aliphatic carbocycles. The van der Waals surface area contributed by atoms with Crippen molar-refractivity contribution in [3.63, 3.8) is 0 Å². The number of hydrogen-bond acceptors (Lipinski definition) is 0. The van der Waals surface area contributed by atoms with E-state index in [-0.39, 0.29) is 5.41 Å². The first-order valence-electron chi connectivity index (χ1n) is 11.1. The van der Waals surface area contributed by atoms with E-state index >= 15 is 0 Å². The van der Waals surface area contributed by atoms with Crippen molar-refractivity contribution in [2.24, 2.45) is 7.05 Å².